The van der Waals surface area contributed by atoms with Crippen LogP contribution in [-0.2, 0) is 25.0 Å². The van der Waals surface area contributed by atoms with E-state index in [2.05, 4.69) is 20.3 Å². The van der Waals surface area contributed by atoms with Gasteiger partial charge in [0.1, 0.15) is 34.4 Å². The molecule has 1 amide bonds. The molecule has 0 atom stereocenters. The highest BCUT2D eigenvalue weighted by molar-refractivity contribution is 5.85. The molecule has 2 N–H and O–H groups in total. The molecule has 0 aromatic carbocycles. The number of amides is 1. The van der Waals surface area contributed by atoms with E-state index in [1.165, 1.54) is 50.3 Å². The molecule has 0 bridgehead atoms. The summed E-state index contributed by atoms with van der Waals surface area (Å²) in [6.45, 7) is 0.140. The van der Waals surface area contributed by atoms with Crippen LogP contribution in [0.4, 0.5) is 35.4 Å². The number of hydrogen-bond acceptors (Lipinski definition) is 9. The summed E-state index contributed by atoms with van der Waals surface area (Å²) >= 11 is 0. The molecule has 40 heavy (non-hydrogen) atoms. The number of fused-ring (bicyclic) bond motifs is 1. The van der Waals surface area contributed by atoms with Gasteiger partial charge >= 0.3 is 12.3 Å². The Morgan fingerprint density at radius 1 is 1.27 bits per heavy atom. The predicted octanol–water partition coefficient (Wildman–Crippen LogP) is 3.62. The summed E-state index contributed by atoms with van der Waals surface area (Å²) in [4.78, 5) is 37.5. The highest BCUT2D eigenvalue weighted by Gasteiger charge is 2.32. The Hall–Kier alpha value is -5.17. The number of hydrogen-bond donors (Lipinski definition) is 2. The minimum absolute atomic E-state index is 0.00421. The van der Waals surface area contributed by atoms with Crippen molar-refractivity contribution in [2.45, 2.75) is 6.18 Å². The Morgan fingerprint density at radius 2 is 2.02 bits per heavy atom. The zero-order valence-electron chi connectivity index (χ0n) is 21.2. The van der Waals surface area contributed by atoms with E-state index in [0.29, 0.717) is 12.3 Å². The van der Waals surface area contributed by atoms with Crippen LogP contribution in [-0.4, -0.2) is 55.5 Å². The number of imidazole rings is 1. The van der Waals surface area contributed by atoms with E-state index < -0.39 is 23.4 Å². The molecule has 0 fully saturated rings. The normalized spacial score (nSPS) is 11.3. The molecule has 16 heteroatoms. The van der Waals surface area contributed by atoms with Gasteiger partial charge in [-0.15, -0.1) is 0 Å². The van der Waals surface area contributed by atoms with Crippen LogP contribution in [0.2, 0.25) is 0 Å². The molecule has 0 aliphatic heterocycles. The quantitative estimate of drug-likeness (QED) is 0.327. The van der Waals surface area contributed by atoms with Gasteiger partial charge in [0.25, 0.3) is 5.56 Å². The number of ether oxygens (including phenoxy) is 2. The van der Waals surface area contributed by atoms with Crippen molar-refractivity contribution in [3.8, 4) is 17.6 Å². The summed E-state index contributed by atoms with van der Waals surface area (Å²) < 4.78 is 52.8. The van der Waals surface area contributed by atoms with Crippen molar-refractivity contribution in [2.75, 3.05) is 30.5 Å². The third-order valence-corrected chi connectivity index (χ3v) is 5.70. The standard InChI is InChI=1S/C24H21F3N8O5/c1-33-12-13(24(25,26)27)8-16(21(33)36)31-22-32-20-19(34(22)2)15(10-28)17(11-30-20)40-14-4-5-29-18(9-14)35(23(37)38)6-7-39-3/h4-5,8-9,11-12H,6-7H2,1-3H3,(H,37,38)(H,30,31,32). The Morgan fingerprint density at radius 3 is 2.67 bits per heavy atom. The van der Waals surface area contributed by atoms with E-state index in [1.54, 1.807) is 0 Å². The number of methoxy groups -OCH3 is 1. The number of nitrogens with zero attached hydrogens (tertiary/aromatic N) is 7. The lowest BCUT2D eigenvalue weighted by atomic mass is 10.2. The van der Waals surface area contributed by atoms with Crippen molar-refractivity contribution in [1.82, 2.24) is 24.1 Å². The van der Waals surface area contributed by atoms with Crippen LogP contribution in [0.1, 0.15) is 11.1 Å². The van der Waals surface area contributed by atoms with Crippen molar-refractivity contribution >= 4 is 34.7 Å². The summed E-state index contributed by atoms with van der Waals surface area (Å²) in [5.41, 5.74) is -1.93. The van der Waals surface area contributed by atoms with E-state index >= 15 is 0 Å². The van der Waals surface area contributed by atoms with Crippen molar-refractivity contribution < 1.29 is 32.5 Å². The molecule has 0 saturated carbocycles. The number of halogens is 3. The molecule has 4 rings (SSSR count). The van der Waals surface area contributed by atoms with Gasteiger partial charge in [0.2, 0.25) is 5.95 Å². The first-order valence-electron chi connectivity index (χ1n) is 11.4. The number of anilines is 3. The molecule has 0 radical (unpaired) electrons. The predicted molar refractivity (Wildman–Crippen MR) is 135 cm³/mol. The third kappa shape index (κ3) is 5.49. The first-order valence-corrected chi connectivity index (χ1v) is 11.4. The summed E-state index contributed by atoms with van der Waals surface area (Å²) in [5, 5.41) is 22.0. The minimum Gasteiger partial charge on any atom is -0.465 e. The second kappa shape index (κ2) is 10.9. The number of nitrogens with one attached hydrogen (secondary N) is 1. The SMILES string of the molecule is COCCN(C(=O)O)c1cc(Oc2cnc3nc(Nc4cc(C(F)(F)F)cn(C)c4=O)n(C)c3c2C#N)ccn1. The van der Waals surface area contributed by atoms with E-state index in [-0.39, 0.29) is 58.8 Å². The van der Waals surface area contributed by atoms with Gasteiger partial charge in [-0.25, -0.2) is 14.8 Å². The third-order valence-electron chi connectivity index (χ3n) is 5.70. The van der Waals surface area contributed by atoms with Gasteiger partial charge in [0.15, 0.2) is 11.4 Å². The van der Waals surface area contributed by atoms with E-state index in [1.807, 2.05) is 6.07 Å². The van der Waals surface area contributed by atoms with Gasteiger partial charge in [-0.05, 0) is 12.1 Å². The number of rotatable bonds is 8. The minimum atomic E-state index is -4.69. The maximum Gasteiger partial charge on any atom is 0.417 e. The summed E-state index contributed by atoms with van der Waals surface area (Å²) in [6, 6.07) is 5.48. The Labute approximate surface area is 223 Å². The van der Waals surface area contributed by atoms with Crippen LogP contribution in [0.3, 0.4) is 0 Å². The highest BCUT2D eigenvalue weighted by atomic mass is 19.4. The van der Waals surface area contributed by atoms with Gasteiger partial charge in [-0.1, -0.05) is 0 Å². The lowest BCUT2D eigenvalue weighted by molar-refractivity contribution is -0.138. The fourth-order valence-corrected chi connectivity index (χ4v) is 3.76. The number of aromatic nitrogens is 5. The van der Waals surface area contributed by atoms with Crippen molar-refractivity contribution in [1.29, 1.82) is 5.26 Å². The van der Waals surface area contributed by atoms with Crippen LogP contribution >= 0.6 is 0 Å². The van der Waals surface area contributed by atoms with Gasteiger partial charge in [-0.3, -0.25) is 9.69 Å². The zero-order valence-corrected chi connectivity index (χ0v) is 21.2. The van der Waals surface area contributed by atoms with Gasteiger partial charge in [0.05, 0.1) is 24.9 Å². The lowest BCUT2D eigenvalue weighted by Gasteiger charge is -2.18. The number of carboxylic acid groups (broad SMARTS) is 1. The summed E-state index contributed by atoms with van der Waals surface area (Å²) in [5.74, 6) is 0.160. The van der Waals surface area contributed by atoms with Crippen LogP contribution in [0.25, 0.3) is 11.2 Å². The average Bonchev–Trinajstić information content (AvgIpc) is 3.21. The first kappa shape index (κ1) is 27.9. The van der Waals surface area contributed by atoms with Crippen molar-refractivity contribution in [2.24, 2.45) is 14.1 Å². The van der Waals surface area contributed by atoms with Gasteiger partial charge in [-0.2, -0.15) is 23.4 Å². The molecule has 4 aromatic rings. The largest absolute Gasteiger partial charge is 0.465 e. The van der Waals surface area contributed by atoms with Crippen LogP contribution < -0.4 is 20.5 Å². The molecular weight excluding hydrogens is 537 g/mol. The van der Waals surface area contributed by atoms with Crippen molar-refractivity contribution in [3.05, 3.63) is 58.3 Å². The molecule has 13 nitrogen and oxygen atoms in total. The molecular formula is C24H21F3N8O5. The summed E-state index contributed by atoms with van der Waals surface area (Å²) in [6.07, 6.45) is -2.71. The molecule has 0 aliphatic carbocycles. The maximum absolute atomic E-state index is 13.3. The first-order chi connectivity index (χ1) is 18.9. The topological polar surface area (TPSA) is 160 Å². The molecule has 0 unspecified atom stereocenters. The average molecular weight is 558 g/mol. The lowest BCUT2D eigenvalue weighted by Crippen LogP contribution is -2.33. The molecule has 0 spiro atoms. The van der Waals surface area contributed by atoms with E-state index in [4.69, 9.17) is 9.47 Å². The number of carbonyl (C=O) groups is 1. The highest BCUT2D eigenvalue weighted by Crippen LogP contribution is 2.33. The fraction of sp³-hybridized carbons (Fsp3) is 0.250. The van der Waals surface area contributed by atoms with Crippen LogP contribution in [0, 0.1) is 11.3 Å². The maximum atomic E-state index is 13.3. The van der Waals surface area contributed by atoms with E-state index in [0.717, 1.165) is 9.47 Å². The number of pyridine rings is 3. The molecule has 208 valence electrons. The molecule has 4 heterocycles. The number of aryl methyl sites for hydroxylation is 2. The van der Waals surface area contributed by atoms with E-state index in [9.17, 15) is 33.1 Å². The smallest absolute Gasteiger partial charge is 0.417 e. The Balaban J connectivity index is 1.71. The molecule has 0 aliphatic rings. The van der Waals surface area contributed by atoms with Gasteiger partial charge < -0.3 is 29.0 Å². The van der Waals surface area contributed by atoms with Crippen LogP contribution in [0.5, 0.6) is 11.5 Å². The zero-order chi connectivity index (χ0) is 29.2. The second-order valence-electron chi connectivity index (χ2n) is 8.34. The number of alkyl halides is 3. The van der Waals surface area contributed by atoms with Crippen molar-refractivity contribution in [3.63, 3.8) is 0 Å². The monoisotopic (exact) mass is 558 g/mol. The van der Waals surface area contributed by atoms with Crippen LogP contribution in [0.15, 0.2) is 41.6 Å². The molecule has 0 saturated heterocycles. The second-order valence-corrected chi connectivity index (χ2v) is 8.34. The number of nitriles is 1. The molecule has 4 aromatic heterocycles. The van der Waals surface area contributed by atoms with Gasteiger partial charge in [0, 0.05) is 39.7 Å². The fourth-order valence-electron chi connectivity index (χ4n) is 3.76. The summed E-state index contributed by atoms with van der Waals surface area (Å²) in [7, 11) is 4.10. The Kier molecular flexibility index (Phi) is 7.59. The Bertz CT molecular complexity index is 1690.